The van der Waals surface area contributed by atoms with Gasteiger partial charge in [0.15, 0.2) is 0 Å². The van der Waals surface area contributed by atoms with Crippen LogP contribution in [-0.2, 0) is 6.54 Å². The van der Waals surface area contributed by atoms with E-state index >= 15 is 0 Å². The number of hydrogen-bond donors (Lipinski definition) is 1. The van der Waals surface area contributed by atoms with Crippen molar-refractivity contribution in [3.8, 4) is 0 Å². The number of hydrogen-bond acceptors (Lipinski definition) is 2. The Morgan fingerprint density at radius 3 is 2.65 bits per heavy atom. The summed E-state index contributed by atoms with van der Waals surface area (Å²) in [6.45, 7) is 8.19. The van der Waals surface area contributed by atoms with E-state index < -0.39 is 0 Å². The van der Waals surface area contributed by atoms with Crippen molar-refractivity contribution in [2.45, 2.75) is 45.1 Å². The largest absolute Gasteiger partial charge is 0.317 e. The minimum Gasteiger partial charge on any atom is -0.317 e. The molecule has 0 bridgehead atoms. The Labute approximate surface area is 123 Å². The quantitative estimate of drug-likeness (QED) is 0.854. The van der Waals surface area contributed by atoms with Gasteiger partial charge in [-0.15, -0.1) is 0 Å². The molecule has 2 nitrogen and oxygen atoms in total. The zero-order valence-corrected chi connectivity index (χ0v) is 12.8. The Morgan fingerprint density at radius 1 is 1.15 bits per heavy atom. The summed E-state index contributed by atoms with van der Waals surface area (Å²) in [6, 6.07) is 9.31. The van der Waals surface area contributed by atoms with Crippen LogP contribution in [0.25, 0.3) is 0 Å². The third kappa shape index (κ3) is 3.83. The maximum atomic E-state index is 3.49. The molecule has 1 aromatic rings. The van der Waals surface area contributed by atoms with Crippen LogP contribution in [-0.4, -0.2) is 31.1 Å². The fourth-order valence-electron chi connectivity index (χ4n) is 3.32. The molecule has 1 heterocycles. The molecule has 0 amide bonds. The summed E-state index contributed by atoms with van der Waals surface area (Å²) in [5.41, 5.74) is 3.09. The molecule has 1 saturated carbocycles. The van der Waals surface area contributed by atoms with Crippen molar-refractivity contribution >= 4 is 0 Å². The Balaban J connectivity index is 1.48. The van der Waals surface area contributed by atoms with Gasteiger partial charge in [-0.2, -0.15) is 0 Å². The van der Waals surface area contributed by atoms with E-state index in [2.05, 4.69) is 41.4 Å². The molecule has 1 aliphatic heterocycles. The highest BCUT2D eigenvalue weighted by Crippen LogP contribution is 2.40. The SMILES string of the molecule is CCNCC1CCN(Cc2cccc(C3CC3)c2)CC1. The molecule has 0 aromatic heterocycles. The summed E-state index contributed by atoms with van der Waals surface area (Å²) in [4.78, 5) is 2.63. The van der Waals surface area contributed by atoms with Crippen LogP contribution in [0.3, 0.4) is 0 Å². The van der Waals surface area contributed by atoms with E-state index in [1.807, 2.05) is 0 Å². The first kappa shape index (κ1) is 14.1. The summed E-state index contributed by atoms with van der Waals surface area (Å²) < 4.78 is 0. The predicted molar refractivity (Wildman–Crippen MR) is 85.0 cm³/mol. The fourth-order valence-corrected chi connectivity index (χ4v) is 3.32. The first-order chi connectivity index (χ1) is 9.85. The number of nitrogens with zero attached hydrogens (tertiary/aromatic N) is 1. The minimum atomic E-state index is 0.876. The highest BCUT2D eigenvalue weighted by Gasteiger charge is 2.24. The van der Waals surface area contributed by atoms with Crippen molar-refractivity contribution in [2.24, 2.45) is 5.92 Å². The van der Waals surface area contributed by atoms with Gasteiger partial charge in [0, 0.05) is 6.54 Å². The average molecular weight is 272 g/mol. The summed E-state index contributed by atoms with van der Waals surface area (Å²) in [5.74, 6) is 1.77. The van der Waals surface area contributed by atoms with Crippen molar-refractivity contribution in [1.82, 2.24) is 10.2 Å². The predicted octanol–water partition coefficient (Wildman–Crippen LogP) is 3.39. The Hall–Kier alpha value is -0.860. The van der Waals surface area contributed by atoms with E-state index in [0.29, 0.717) is 0 Å². The van der Waals surface area contributed by atoms with Crippen LogP contribution in [0.2, 0.25) is 0 Å². The summed E-state index contributed by atoms with van der Waals surface area (Å²) in [7, 11) is 0. The summed E-state index contributed by atoms with van der Waals surface area (Å²) >= 11 is 0. The molecule has 1 aliphatic carbocycles. The number of rotatable bonds is 6. The fraction of sp³-hybridized carbons (Fsp3) is 0.667. The lowest BCUT2D eigenvalue weighted by Gasteiger charge is -2.32. The van der Waals surface area contributed by atoms with Gasteiger partial charge in [0.25, 0.3) is 0 Å². The molecular weight excluding hydrogens is 244 g/mol. The van der Waals surface area contributed by atoms with Gasteiger partial charge >= 0.3 is 0 Å². The third-order valence-corrected chi connectivity index (χ3v) is 4.80. The topological polar surface area (TPSA) is 15.3 Å². The van der Waals surface area contributed by atoms with Crippen LogP contribution in [0.4, 0.5) is 0 Å². The van der Waals surface area contributed by atoms with E-state index in [4.69, 9.17) is 0 Å². The molecule has 1 saturated heterocycles. The molecule has 1 aromatic carbocycles. The highest BCUT2D eigenvalue weighted by molar-refractivity contribution is 5.29. The molecule has 0 unspecified atom stereocenters. The van der Waals surface area contributed by atoms with Crippen LogP contribution in [0.5, 0.6) is 0 Å². The van der Waals surface area contributed by atoms with Crippen molar-refractivity contribution in [3.05, 3.63) is 35.4 Å². The standard InChI is InChI=1S/C18H28N2/c1-2-19-13-15-8-10-20(11-9-15)14-16-4-3-5-18(12-16)17-6-7-17/h3-5,12,15,17,19H,2,6-11,13-14H2,1H3. The molecule has 0 atom stereocenters. The van der Waals surface area contributed by atoms with E-state index in [0.717, 1.165) is 24.9 Å². The monoisotopic (exact) mass is 272 g/mol. The number of piperidine rings is 1. The van der Waals surface area contributed by atoms with Gasteiger partial charge in [-0.05, 0) is 74.8 Å². The first-order valence-electron chi connectivity index (χ1n) is 8.37. The Morgan fingerprint density at radius 2 is 1.95 bits per heavy atom. The van der Waals surface area contributed by atoms with Crippen LogP contribution in [0.1, 0.15) is 49.7 Å². The van der Waals surface area contributed by atoms with Crippen molar-refractivity contribution in [3.63, 3.8) is 0 Å². The molecule has 110 valence electrons. The van der Waals surface area contributed by atoms with Gasteiger partial charge in [-0.3, -0.25) is 4.90 Å². The van der Waals surface area contributed by atoms with Crippen molar-refractivity contribution in [2.75, 3.05) is 26.2 Å². The van der Waals surface area contributed by atoms with Crippen LogP contribution >= 0.6 is 0 Å². The van der Waals surface area contributed by atoms with Crippen molar-refractivity contribution < 1.29 is 0 Å². The van der Waals surface area contributed by atoms with E-state index in [1.54, 1.807) is 5.56 Å². The molecule has 2 heteroatoms. The number of likely N-dealkylation sites (tertiary alicyclic amines) is 1. The molecule has 0 radical (unpaired) electrons. The third-order valence-electron chi connectivity index (χ3n) is 4.80. The van der Waals surface area contributed by atoms with Crippen LogP contribution in [0.15, 0.2) is 24.3 Å². The summed E-state index contributed by atoms with van der Waals surface area (Å²) in [6.07, 6.45) is 5.52. The number of nitrogens with one attached hydrogen (secondary N) is 1. The maximum absolute atomic E-state index is 3.49. The first-order valence-corrected chi connectivity index (χ1v) is 8.37. The molecule has 3 rings (SSSR count). The summed E-state index contributed by atoms with van der Waals surface area (Å²) in [5, 5.41) is 3.49. The number of benzene rings is 1. The maximum Gasteiger partial charge on any atom is 0.0233 e. The van der Waals surface area contributed by atoms with Crippen molar-refractivity contribution in [1.29, 1.82) is 0 Å². The smallest absolute Gasteiger partial charge is 0.0233 e. The van der Waals surface area contributed by atoms with Gasteiger partial charge in [0.2, 0.25) is 0 Å². The van der Waals surface area contributed by atoms with Crippen LogP contribution in [0, 0.1) is 5.92 Å². The molecule has 1 N–H and O–H groups in total. The van der Waals surface area contributed by atoms with Gasteiger partial charge < -0.3 is 5.32 Å². The average Bonchev–Trinajstić information content (AvgIpc) is 3.32. The minimum absolute atomic E-state index is 0.876. The molecular formula is C18H28N2. The second-order valence-electron chi connectivity index (χ2n) is 6.55. The van der Waals surface area contributed by atoms with Gasteiger partial charge in [-0.25, -0.2) is 0 Å². The second kappa shape index (κ2) is 6.73. The lowest BCUT2D eigenvalue weighted by Crippen LogP contribution is -2.36. The van der Waals surface area contributed by atoms with Gasteiger partial charge in [0.05, 0.1) is 0 Å². The zero-order valence-electron chi connectivity index (χ0n) is 12.8. The second-order valence-corrected chi connectivity index (χ2v) is 6.55. The highest BCUT2D eigenvalue weighted by atomic mass is 15.1. The van der Waals surface area contributed by atoms with E-state index in [1.165, 1.54) is 50.9 Å². The lowest BCUT2D eigenvalue weighted by atomic mass is 9.96. The van der Waals surface area contributed by atoms with E-state index in [-0.39, 0.29) is 0 Å². The molecule has 2 fully saturated rings. The normalized spacial score (nSPS) is 21.2. The lowest BCUT2D eigenvalue weighted by molar-refractivity contribution is 0.176. The van der Waals surface area contributed by atoms with Crippen LogP contribution < -0.4 is 5.32 Å². The zero-order chi connectivity index (χ0) is 13.8. The molecule has 0 spiro atoms. The van der Waals surface area contributed by atoms with Gasteiger partial charge in [0.1, 0.15) is 0 Å². The van der Waals surface area contributed by atoms with Gasteiger partial charge in [-0.1, -0.05) is 31.2 Å². The Kier molecular flexibility index (Phi) is 4.74. The Bertz CT molecular complexity index is 417. The molecule has 2 aliphatic rings. The molecule has 20 heavy (non-hydrogen) atoms. The van der Waals surface area contributed by atoms with E-state index in [9.17, 15) is 0 Å².